The van der Waals surface area contributed by atoms with Crippen molar-refractivity contribution in [1.82, 2.24) is 9.97 Å². The molecule has 2 rings (SSSR count). The Hall–Kier alpha value is -1.39. The Balaban J connectivity index is 2.41. The first-order chi connectivity index (χ1) is 8.82. The first kappa shape index (κ1) is 14.0. The van der Waals surface area contributed by atoms with E-state index in [-0.39, 0.29) is 17.6 Å². The number of ether oxygens (including phenoxy) is 1. The van der Waals surface area contributed by atoms with Crippen LogP contribution < -0.4 is 5.73 Å². The van der Waals surface area contributed by atoms with Gasteiger partial charge in [0.05, 0.1) is 23.2 Å². The number of aromatic nitrogens is 2. The predicted octanol–water partition coefficient (Wildman–Crippen LogP) is 2.90. The number of rotatable bonds is 3. The normalized spacial score (nSPS) is 15.7. The van der Waals surface area contributed by atoms with Crippen LogP contribution in [0.4, 0.5) is 0 Å². The number of benzene rings is 1. The van der Waals surface area contributed by atoms with Gasteiger partial charge in [-0.15, -0.1) is 0 Å². The molecule has 0 saturated heterocycles. The molecular formula is C15H23N3O. The molecule has 0 aliphatic carbocycles. The highest BCUT2D eigenvalue weighted by atomic mass is 16.5. The highest BCUT2D eigenvalue weighted by Gasteiger charge is 2.19. The van der Waals surface area contributed by atoms with E-state index in [4.69, 9.17) is 10.5 Å². The minimum absolute atomic E-state index is 0.0670. The zero-order valence-electron chi connectivity index (χ0n) is 12.3. The molecule has 4 heteroatoms. The van der Waals surface area contributed by atoms with Crippen molar-refractivity contribution < 1.29 is 4.74 Å². The van der Waals surface area contributed by atoms with Crippen LogP contribution in [0, 0.1) is 0 Å². The number of hydrogen-bond donors (Lipinski definition) is 2. The highest BCUT2D eigenvalue weighted by molar-refractivity contribution is 5.76. The Morgan fingerprint density at radius 2 is 2.00 bits per heavy atom. The molecule has 3 N–H and O–H groups in total. The van der Waals surface area contributed by atoms with Gasteiger partial charge in [0.2, 0.25) is 0 Å². The van der Waals surface area contributed by atoms with Gasteiger partial charge in [-0.3, -0.25) is 0 Å². The number of nitrogens with two attached hydrogens (primary N) is 1. The van der Waals surface area contributed by atoms with Crippen LogP contribution in [0.5, 0.6) is 0 Å². The van der Waals surface area contributed by atoms with Crippen LogP contribution >= 0.6 is 0 Å². The van der Waals surface area contributed by atoms with E-state index in [1.165, 1.54) is 5.56 Å². The molecule has 0 saturated carbocycles. The lowest BCUT2D eigenvalue weighted by Gasteiger charge is -2.18. The second-order valence-electron chi connectivity index (χ2n) is 6.07. The minimum Gasteiger partial charge on any atom is -0.380 e. The van der Waals surface area contributed by atoms with Crippen LogP contribution in [0.2, 0.25) is 0 Å². The summed E-state index contributed by atoms with van der Waals surface area (Å²) in [5, 5.41) is 0. The maximum absolute atomic E-state index is 6.12. The number of fused-ring (bicyclic) bond motifs is 1. The van der Waals surface area contributed by atoms with Crippen molar-refractivity contribution in [3.63, 3.8) is 0 Å². The lowest BCUT2D eigenvalue weighted by molar-refractivity contribution is 0.0935. The van der Waals surface area contributed by atoms with Crippen LogP contribution in [0.25, 0.3) is 11.0 Å². The summed E-state index contributed by atoms with van der Waals surface area (Å²) >= 11 is 0. The topological polar surface area (TPSA) is 63.9 Å². The van der Waals surface area contributed by atoms with Crippen molar-refractivity contribution >= 4 is 11.0 Å². The molecule has 0 bridgehead atoms. The molecule has 19 heavy (non-hydrogen) atoms. The van der Waals surface area contributed by atoms with Crippen LogP contribution in [-0.4, -0.2) is 23.2 Å². The largest absolute Gasteiger partial charge is 0.380 e. The van der Waals surface area contributed by atoms with Gasteiger partial charge in [-0.05, 0) is 30.0 Å². The van der Waals surface area contributed by atoms with Gasteiger partial charge in [0.1, 0.15) is 5.82 Å². The number of imidazole rings is 1. The zero-order chi connectivity index (χ0) is 14.2. The Labute approximate surface area is 114 Å². The Kier molecular flexibility index (Phi) is 3.65. The summed E-state index contributed by atoms with van der Waals surface area (Å²) in [6, 6.07) is 6.08. The summed E-state index contributed by atoms with van der Waals surface area (Å²) in [6.07, 6.45) is -0.0670. The third kappa shape index (κ3) is 2.80. The fourth-order valence-electron chi connectivity index (χ4n) is 2.02. The summed E-state index contributed by atoms with van der Waals surface area (Å²) in [7, 11) is 1.66. The molecule has 0 radical (unpaired) electrons. The molecule has 4 nitrogen and oxygen atoms in total. The third-order valence-corrected chi connectivity index (χ3v) is 3.56. The Bertz CT molecular complexity index is 568. The molecule has 1 heterocycles. The van der Waals surface area contributed by atoms with Crippen molar-refractivity contribution in [1.29, 1.82) is 0 Å². The number of nitrogens with one attached hydrogen (secondary N) is 1. The molecule has 0 fully saturated rings. The van der Waals surface area contributed by atoms with E-state index in [0.717, 1.165) is 16.9 Å². The maximum atomic E-state index is 6.12. The van der Waals surface area contributed by atoms with E-state index < -0.39 is 0 Å². The summed E-state index contributed by atoms with van der Waals surface area (Å²) in [6.45, 7) is 8.53. The molecule has 0 amide bonds. The summed E-state index contributed by atoms with van der Waals surface area (Å²) in [5.41, 5.74) is 9.48. The molecular weight excluding hydrogens is 238 g/mol. The zero-order valence-corrected chi connectivity index (χ0v) is 12.3. The number of aromatic amines is 1. The fraction of sp³-hybridized carbons (Fsp3) is 0.533. The molecule has 104 valence electrons. The van der Waals surface area contributed by atoms with Gasteiger partial charge >= 0.3 is 0 Å². The number of nitrogens with zero attached hydrogens (tertiary/aromatic N) is 1. The molecule has 2 atom stereocenters. The number of H-pyrrole nitrogens is 1. The molecule has 0 spiro atoms. The van der Waals surface area contributed by atoms with Gasteiger partial charge in [0.15, 0.2) is 0 Å². The quantitative estimate of drug-likeness (QED) is 0.893. The van der Waals surface area contributed by atoms with Crippen molar-refractivity contribution in [2.45, 2.75) is 45.3 Å². The van der Waals surface area contributed by atoms with Gasteiger partial charge in [-0.25, -0.2) is 4.98 Å². The van der Waals surface area contributed by atoms with Gasteiger partial charge in [-0.1, -0.05) is 26.8 Å². The predicted molar refractivity (Wildman–Crippen MR) is 78.2 cm³/mol. The van der Waals surface area contributed by atoms with Crippen molar-refractivity contribution in [3.05, 3.63) is 29.6 Å². The van der Waals surface area contributed by atoms with Crippen LogP contribution in [0.3, 0.4) is 0 Å². The molecule has 1 aromatic carbocycles. The van der Waals surface area contributed by atoms with Gasteiger partial charge < -0.3 is 15.5 Å². The number of hydrogen-bond acceptors (Lipinski definition) is 3. The summed E-state index contributed by atoms with van der Waals surface area (Å²) in [5.74, 6) is 0.774. The van der Waals surface area contributed by atoms with E-state index in [9.17, 15) is 0 Å². The number of methoxy groups -OCH3 is 1. The highest BCUT2D eigenvalue weighted by Crippen LogP contribution is 2.26. The van der Waals surface area contributed by atoms with Crippen LogP contribution in [0.15, 0.2) is 18.2 Å². The van der Waals surface area contributed by atoms with E-state index in [2.05, 4.69) is 48.9 Å². The second kappa shape index (κ2) is 4.94. The standard InChI is InChI=1S/C15H23N3O/c1-9(19-5)13(16)14-17-11-7-6-10(15(2,3)4)8-12(11)18-14/h6-9,13H,16H2,1-5H3,(H,17,18)/t9-,13-/m0/s1. The Morgan fingerprint density at radius 3 is 2.58 bits per heavy atom. The fourth-order valence-corrected chi connectivity index (χ4v) is 2.02. The molecule has 0 aliphatic heterocycles. The average molecular weight is 261 g/mol. The van der Waals surface area contributed by atoms with Crippen molar-refractivity contribution in [3.8, 4) is 0 Å². The first-order valence-corrected chi connectivity index (χ1v) is 6.61. The van der Waals surface area contributed by atoms with Gasteiger partial charge in [0.25, 0.3) is 0 Å². The van der Waals surface area contributed by atoms with Crippen LogP contribution in [-0.2, 0) is 10.2 Å². The van der Waals surface area contributed by atoms with Crippen molar-refractivity contribution in [2.24, 2.45) is 5.73 Å². The SMILES string of the molecule is CO[C@@H](C)[C@H](N)c1nc2cc(C(C)(C)C)ccc2[nH]1. The third-order valence-electron chi connectivity index (χ3n) is 3.56. The minimum atomic E-state index is -0.240. The van der Waals surface area contributed by atoms with E-state index in [1.807, 2.05) is 6.92 Å². The van der Waals surface area contributed by atoms with Gasteiger partial charge in [-0.2, -0.15) is 0 Å². The molecule has 1 aromatic heterocycles. The van der Waals surface area contributed by atoms with Gasteiger partial charge in [0, 0.05) is 7.11 Å². The monoisotopic (exact) mass is 261 g/mol. The maximum Gasteiger partial charge on any atom is 0.126 e. The lowest BCUT2D eigenvalue weighted by atomic mass is 9.87. The van der Waals surface area contributed by atoms with Crippen molar-refractivity contribution in [2.75, 3.05) is 7.11 Å². The summed E-state index contributed by atoms with van der Waals surface area (Å²) < 4.78 is 5.26. The molecule has 2 aromatic rings. The first-order valence-electron chi connectivity index (χ1n) is 6.61. The Morgan fingerprint density at radius 1 is 1.32 bits per heavy atom. The van der Waals surface area contributed by atoms with E-state index >= 15 is 0 Å². The smallest absolute Gasteiger partial charge is 0.126 e. The average Bonchev–Trinajstić information content (AvgIpc) is 2.78. The summed E-state index contributed by atoms with van der Waals surface area (Å²) in [4.78, 5) is 7.87. The molecule has 0 unspecified atom stereocenters. The second-order valence-corrected chi connectivity index (χ2v) is 6.07. The van der Waals surface area contributed by atoms with E-state index in [1.54, 1.807) is 7.11 Å². The lowest BCUT2D eigenvalue weighted by Crippen LogP contribution is -2.26. The molecule has 0 aliphatic rings. The van der Waals surface area contributed by atoms with E-state index in [0.29, 0.717) is 0 Å². The van der Waals surface area contributed by atoms with Crippen LogP contribution in [0.1, 0.15) is 45.1 Å².